The minimum absolute atomic E-state index is 0.129. The van der Waals surface area contributed by atoms with Crippen LogP contribution in [-0.2, 0) is 16.0 Å². The van der Waals surface area contributed by atoms with Crippen LogP contribution >= 0.6 is 0 Å². The zero-order valence-electron chi connectivity index (χ0n) is 11.8. The smallest absolute Gasteiger partial charge is 0.407 e. The molecule has 0 bridgehead atoms. The van der Waals surface area contributed by atoms with Crippen LogP contribution in [0, 0.1) is 11.3 Å². The number of ether oxygens (including phenoxy) is 1. The highest BCUT2D eigenvalue weighted by Crippen LogP contribution is 2.07. The molecule has 1 atom stereocenters. The number of benzene rings is 1. The summed E-state index contributed by atoms with van der Waals surface area (Å²) in [7, 11) is 0. The van der Waals surface area contributed by atoms with Gasteiger partial charge in [-0.25, -0.2) is 9.59 Å². The summed E-state index contributed by atoms with van der Waals surface area (Å²) in [6.45, 7) is 2.23. The Balaban J connectivity index is 2.58. The molecule has 1 aromatic carbocycles. The predicted octanol–water partition coefficient (Wildman–Crippen LogP) is 2.08. The molecule has 0 saturated heterocycles. The van der Waals surface area contributed by atoms with E-state index in [1.165, 1.54) is 0 Å². The van der Waals surface area contributed by atoms with Crippen LogP contribution in [0.4, 0.5) is 4.79 Å². The van der Waals surface area contributed by atoms with Crippen LogP contribution in [0.25, 0.3) is 0 Å². The minimum atomic E-state index is -1.13. The van der Waals surface area contributed by atoms with Crippen molar-refractivity contribution in [2.45, 2.75) is 32.2 Å². The molecule has 0 aliphatic heterocycles. The number of hydrogen-bond acceptors (Lipinski definition) is 4. The normalized spacial score (nSPS) is 11.2. The Morgan fingerprint density at radius 3 is 2.57 bits per heavy atom. The van der Waals surface area contributed by atoms with Gasteiger partial charge in [0.05, 0.1) is 18.2 Å². The summed E-state index contributed by atoms with van der Waals surface area (Å²) in [6, 6.07) is 7.46. The lowest BCUT2D eigenvalue weighted by molar-refractivity contribution is -0.139. The largest absolute Gasteiger partial charge is 0.480 e. The lowest BCUT2D eigenvalue weighted by Gasteiger charge is -2.14. The van der Waals surface area contributed by atoms with Gasteiger partial charge in [-0.15, -0.1) is 0 Å². The average molecular weight is 290 g/mol. The lowest BCUT2D eigenvalue weighted by atomic mass is 10.0. The van der Waals surface area contributed by atoms with E-state index in [2.05, 4.69) is 5.32 Å². The summed E-state index contributed by atoms with van der Waals surface area (Å²) in [5.41, 5.74) is 1.22. The number of nitrogens with one attached hydrogen (secondary N) is 1. The SMILES string of the molecule is CCCCOC(=O)NC(Cc1ccc(C#N)cc1)C(=O)O. The quantitative estimate of drug-likeness (QED) is 0.749. The van der Waals surface area contributed by atoms with Gasteiger partial charge in [0.15, 0.2) is 0 Å². The Bertz CT molecular complexity index is 519. The highest BCUT2D eigenvalue weighted by molar-refractivity contribution is 5.80. The number of nitrogens with zero attached hydrogens (tertiary/aromatic N) is 1. The zero-order valence-corrected chi connectivity index (χ0v) is 11.8. The highest BCUT2D eigenvalue weighted by atomic mass is 16.5. The number of alkyl carbamates (subject to hydrolysis) is 1. The summed E-state index contributed by atoms with van der Waals surface area (Å²) < 4.78 is 4.88. The maximum atomic E-state index is 11.5. The van der Waals surface area contributed by atoms with E-state index >= 15 is 0 Å². The van der Waals surface area contributed by atoms with Gasteiger partial charge in [0.25, 0.3) is 0 Å². The molecule has 1 aromatic rings. The average Bonchev–Trinajstić information content (AvgIpc) is 2.47. The molecule has 0 aliphatic carbocycles. The second-order valence-corrected chi connectivity index (χ2v) is 4.54. The Morgan fingerprint density at radius 1 is 1.38 bits per heavy atom. The molecule has 1 rings (SSSR count). The number of carbonyl (C=O) groups excluding carboxylic acids is 1. The van der Waals surface area contributed by atoms with Gasteiger partial charge in [-0.1, -0.05) is 25.5 Å². The fraction of sp³-hybridized carbons (Fsp3) is 0.400. The van der Waals surface area contributed by atoms with Crippen LogP contribution in [0.3, 0.4) is 0 Å². The molecule has 0 spiro atoms. The molecule has 0 radical (unpaired) electrons. The van der Waals surface area contributed by atoms with Crippen molar-refractivity contribution in [1.82, 2.24) is 5.32 Å². The molecule has 0 saturated carbocycles. The maximum absolute atomic E-state index is 11.5. The van der Waals surface area contributed by atoms with E-state index in [1.807, 2.05) is 13.0 Å². The van der Waals surface area contributed by atoms with Gasteiger partial charge in [0.1, 0.15) is 6.04 Å². The minimum Gasteiger partial charge on any atom is -0.480 e. The summed E-state index contributed by atoms with van der Waals surface area (Å²) >= 11 is 0. The molecule has 2 N–H and O–H groups in total. The van der Waals surface area contributed by atoms with Crippen molar-refractivity contribution >= 4 is 12.1 Å². The Morgan fingerprint density at radius 2 is 2.05 bits per heavy atom. The van der Waals surface area contributed by atoms with Gasteiger partial charge in [-0.3, -0.25) is 0 Å². The second kappa shape index (κ2) is 8.59. The van der Waals surface area contributed by atoms with E-state index in [-0.39, 0.29) is 13.0 Å². The molecule has 1 amide bonds. The predicted molar refractivity (Wildman–Crippen MR) is 75.7 cm³/mol. The summed E-state index contributed by atoms with van der Waals surface area (Å²) in [6.07, 6.45) is 1.02. The Hall–Kier alpha value is -2.55. The van der Waals surface area contributed by atoms with E-state index in [0.717, 1.165) is 18.4 Å². The third-order valence-corrected chi connectivity index (χ3v) is 2.84. The number of amides is 1. The molecule has 6 heteroatoms. The van der Waals surface area contributed by atoms with Gasteiger partial charge in [0.2, 0.25) is 0 Å². The molecule has 0 aromatic heterocycles. The first-order valence-electron chi connectivity index (χ1n) is 6.72. The van der Waals surface area contributed by atoms with Crippen molar-refractivity contribution in [2.75, 3.05) is 6.61 Å². The molecular weight excluding hydrogens is 272 g/mol. The van der Waals surface area contributed by atoms with Gasteiger partial charge < -0.3 is 15.2 Å². The van der Waals surface area contributed by atoms with Crippen LogP contribution < -0.4 is 5.32 Å². The van der Waals surface area contributed by atoms with Crippen molar-refractivity contribution in [1.29, 1.82) is 5.26 Å². The van der Waals surface area contributed by atoms with E-state index in [0.29, 0.717) is 5.56 Å². The number of carbonyl (C=O) groups is 2. The lowest BCUT2D eigenvalue weighted by Crippen LogP contribution is -2.42. The highest BCUT2D eigenvalue weighted by Gasteiger charge is 2.21. The number of nitriles is 1. The van der Waals surface area contributed by atoms with E-state index in [1.54, 1.807) is 24.3 Å². The van der Waals surface area contributed by atoms with Gasteiger partial charge in [-0.05, 0) is 24.1 Å². The number of unbranched alkanes of at least 4 members (excludes halogenated alkanes) is 1. The zero-order chi connectivity index (χ0) is 15.7. The number of hydrogen-bond donors (Lipinski definition) is 2. The Kier molecular flexibility index (Phi) is 6.75. The summed E-state index contributed by atoms with van der Waals surface area (Å²) in [5, 5.41) is 20.2. The van der Waals surface area contributed by atoms with Crippen LogP contribution in [0.2, 0.25) is 0 Å². The first-order valence-corrected chi connectivity index (χ1v) is 6.72. The van der Waals surface area contributed by atoms with Crippen LogP contribution in [0.5, 0.6) is 0 Å². The van der Waals surface area contributed by atoms with Crippen molar-refractivity contribution in [3.05, 3.63) is 35.4 Å². The van der Waals surface area contributed by atoms with Crippen molar-refractivity contribution in [2.24, 2.45) is 0 Å². The van der Waals surface area contributed by atoms with Gasteiger partial charge in [-0.2, -0.15) is 5.26 Å². The molecule has 0 fully saturated rings. The van der Waals surface area contributed by atoms with E-state index < -0.39 is 18.1 Å². The maximum Gasteiger partial charge on any atom is 0.407 e. The topological polar surface area (TPSA) is 99.4 Å². The third-order valence-electron chi connectivity index (χ3n) is 2.84. The monoisotopic (exact) mass is 290 g/mol. The molecule has 0 aliphatic rings. The van der Waals surface area contributed by atoms with Crippen molar-refractivity contribution < 1.29 is 19.4 Å². The fourth-order valence-electron chi connectivity index (χ4n) is 1.64. The number of aliphatic carboxylic acids is 1. The van der Waals surface area contributed by atoms with Gasteiger partial charge >= 0.3 is 12.1 Å². The second-order valence-electron chi connectivity index (χ2n) is 4.54. The van der Waals surface area contributed by atoms with Crippen LogP contribution in [0.15, 0.2) is 24.3 Å². The molecule has 1 unspecified atom stereocenters. The van der Waals surface area contributed by atoms with E-state index in [9.17, 15) is 9.59 Å². The standard InChI is InChI=1S/C15H18N2O4/c1-2-3-8-21-15(20)17-13(14(18)19)9-11-4-6-12(10-16)7-5-11/h4-7,13H,2-3,8-9H2,1H3,(H,17,20)(H,18,19). The molecule has 0 heterocycles. The van der Waals surface area contributed by atoms with Gasteiger partial charge in [0, 0.05) is 6.42 Å². The number of carboxylic acid groups (broad SMARTS) is 1. The molecule has 112 valence electrons. The van der Waals surface area contributed by atoms with Crippen molar-refractivity contribution in [3.8, 4) is 6.07 Å². The number of rotatable bonds is 7. The fourth-order valence-corrected chi connectivity index (χ4v) is 1.64. The molecule has 6 nitrogen and oxygen atoms in total. The van der Waals surface area contributed by atoms with Crippen LogP contribution in [0.1, 0.15) is 30.9 Å². The third kappa shape index (κ3) is 5.95. The summed E-state index contributed by atoms with van der Waals surface area (Å²) in [5.74, 6) is -1.13. The number of carboxylic acids is 1. The molecular formula is C15H18N2O4. The molecule has 21 heavy (non-hydrogen) atoms. The van der Waals surface area contributed by atoms with Crippen molar-refractivity contribution in [3.63, 3.8) is 0 Å². The first-order chi connectivity index (χ1) is 10.1. The first kappa shape index (κ1) is 16.5. The summed E-state index contributed by atoms with van der Waals surface area (Å²) in [4.78, 5) is 22.7. The Labute approximate surface area is 123 Å². The van der Waals surface area contributed by atoms with E-state index in [4.69, 9.17) is 15.1 Å². The van der Waals surface area contributed by atoms with Crippen LogP contribution in [-0.4, -0.2) is 29.8 Å².